The molecule has 6 heteroatoms. The monoisotopic (exact) mass is 357 g/mol. The van der Waals surface area contributed by atoms with Gasteiger partial charge in [0.15, 0.2) is 0 Å². The molecule has 0 aromatic heterocycles. The molecule has 3 rings (SSSR count). The number of carbonyl (C=O) groups excluding carboxylic acids is 3. The topological polar surface area (TPSA) is 69.7 Å². The van der Waals surface area contributed by atoms with Crippen LogP contribution in [0.25, 0.3) is 0 Å². The number of nitrogens with zero attached hydrogens (tertiary/aromatic N) is 2. The third-order valence-corrected chi connectivity index (χ3v) is 5.17. The Bertz CT molecular complexity index is 677. The van der Waals surface area contributed by atoms with E-state index in [1.54, 1.807) is 24.3 Å². The molecule has 6 nitrogen and oxygen atoms in total. The fourth-order valence-corrected chi connectivity index (χ4v) is 3.64. The first-order valence-electron chi connectivity index (χ1n) is 9.44. The number of carbonyl (C=O) groups is 3. The molecule has 0 radical (unpaired) electrons. The molecule has 0 spiro atoms. The number of rotatable bonds is 8. The van der Waals surface area contributed by atoms with Crippen LogP contribution < -0.4 is 5.32 Å². The molecule has 1 unspecified atom stereocenters. The van der Waals surface area contributed by atoms with Gasteiger partial charge < -0.3 is 5.32 Å². The Balaban J connectivity index is 1.68. The van der Waals surface area contributed by atoms with Gasteiger partial charge in [0, 0.05) is 19.1 Å². The molecule has 1 fully saturated rings. The van der Waals surface area contributed by atoms with Crippen LogP contribution in [0.3, 0.4) is 0 Å². The summed E-state index contributed by atoms with van der Waals surface area (Å²) < 4.78 is 0. The van der Waals surface area contributed by atoms with Gasteiger partial charge in [0.1, 0.15) is 6.04 Å². The Hall–Kier alpha value is -2.21. The zero-order chi connectivity index (χ0) is 18.8. The predicted molar refractivity (Wildman–Crippen MR) is 98.8 cm³/mol. The van der Waals surface area contributed by atoms with Crippen LogP contribution in [0.15, 0.2) is 24.3 Å². The summed E-state index contributed by atoms with van der Waals surface area (Å²) in [4.78, 5) is 41.7. The second-order valence-electron chi connectivity index (χ2n) is 7.37. The molecule has 1 saturated carbocycles. The predicted octanol–water partition coefficient (Wildman–Crippen LogP) is 1.91. The van der Waals surface area contributed by atoms with E-state index in [0.29, 0.717) is 23.7 Å². The van der Waals surface area contributed by atoms with E-state index in [9.17, 15) is 14.4 Å². The SMILES string of the molecule is CCN(CCNC(=O)C(C(C)C)N1C(=O)c2ccccc2C1=O)C1CC1. The highest BCUT2D eigenvalue weighted by atomic mass is 16.2. The lowest BCUT2D eigenvalue weighted by Crippen LogP contribution is -2.53. The minimum absolute atomic E-state index is 0.164. The van der Waals surface area contributed by atoms with E-state index in [0.717, 1.165) is 18.0 Å². The summed E-state index contributed by atoms with van der Waals surface area (Å²) in [5.41, 5.74) is 0.753. The zero-order valence-corrected chi connectivity index (χ0v) is 15.7. The van der Waals surface area contributed by atoms with Crippen LogP contribution in [0.4, 0.5) is 0 Å². The first kappa shape index (κ1) is 18.6. The zero-order valence-electron chi connectivity index (χ0n) is 15.7. The lowest BCUT2D eigenvalue weighted by molar-refractivity contribution is -0.126. The van der Waals surface area contributed by atoms with Gasteiger partial charge >= 0.3 is 0 Å². The van der Waals surface area contributed by atoms with E-state index in [4.69, 9.17) is 0 Å². The number of benzene rings is 1. The number of amides is 3. The molecule has 1 atom stereocenters. The van der Waals surface area contributed by atoms with Crippen molar-refractivity contribution in [2.75, 3.05) is 19.6 Å². The number of hydrogen-bond donors (Lipinski definition) is 1. The molecule has 1 aromatic carbocycles. The molecule has 1 aliphatic heterocycles. The van der Waals surface area contributed by atoms with Crippen molar-refractivity contribution in [3.05, 3.63) is 35.4 Å². The third kappa shape index (κ3) is 3.51. The number of nitrogens with one attached hydrogen (secondary N) is 1. The van der Waals surface area contributed by atoms with Crippen LogP contribution in [-0.4, -0.2) is 59.2 Å². The average molecular weight is 357 g/mol. The van der Waals surface area contributed by atoms with Crippen LogP contribution >= 0.6 is 0 Å². The van der Waals surface area contributed by atoms with E-state index < -0.39 is 6.04 Å². The summed E-state index contributed by atoms with van der Waals surface area (Å²) in [5, 5.41) is 2.93. The first-order chi connectivity index (χ1) is 12.5. The fourth-order valence-electron chi connectivity index (χ4n) is 3.64. The molecule has 0 saturated heterocycles. The number of likely N-dealkylation sites (N-methyl/N-ethyl adjacent to an activating group) is 1. The Morgan fingerprint density at radius 1 is 1.19 bits per heavy atom. The molecule has 26 heavy (non-hydrogen) atoms. The van der Waals surface area contributed by atoms with Crippen LogP contribution in [0.5, 0.6) is 0 Å². The summed E-state index contributed by atoms with van der Waals surface area (Å²) in [6, 6.07) is 6.59. The van der Waals surface area contributed by atoms with Gasteiger partial charge in [-0.05, 0) is 37.4 Å². The Morgan fingerprint density at radius 3 is 2.23 bits per heavy atom. The second kappa shape index (κ2) is 7.58. The highest BCUT2D eigenvalue weighted by Gasteiger charge is 2.43. The van der Waals surface area contributed by atoms with E-state index in [1.807, 2.05) is 13.8 Å². The maximum Gasteiger partial charge on any atom is 0.262 e. The van der Waals surface area contributed by atoms with Crippen molar-refractivity contribution >= 4 is 17.7 Å². The van der Waals surface area contributed by atoms with Gasteiger partial charge in [0.2, 0.25) is 5.91 Å². The molecule has 1 N–H and O–H groups in total. The Labute approximate surface area is 154 Å². The van der Waals surface area contributed by atoms with Crippen molar-refractivity contribution in [1.82, 2.24) is 15.1 Å². The normalized spacial score (nSPS) is 17.8. The van der Waals surface area contributed by atoms with Crippen molar-refractivity contribution in [2.24, 2.45) is 5.92 Å². The molecule has 140 valence electrons. The average Bonchev–Trinajstić information content (AvgIpc) is 3.43. The minimum Gasteiger partial charge on any atom is -0.353 e. The summed E-state index contributed by atoms with van der Waals surface area (Å²) in [6.45, 7) is 8.12. The number of hydrogen-bond acceptors (Lipinski definition) is 4. The van der Waals surface area contributed by atoms with Crippen LogP contribution in [0, 0.1) is 5.92 Å². The van der Waals surface area contributed by atoms with E-state index in [1.165, 1.54) is 12.8 Å². The van der Waals surface area contributed by atoms with Crippen LogP contribution in [0.2, 0.25) is 0 Å². The van der Waals surface area contributed by atoms with Crippen LogP contribution in [-0.2, 0) is 4.79 Å². The number of fused-ring (bicyclic) bond motifs is 1. The number of imide groups is 1. The molecular formula is C20H27N3O3. The Morgan fingerprint density at radius 2 is 1.77 bits per heavy atom. The van der Waals surface area contributed by atoms with Crippen molar-refractivity contribution < 1.29 is 14.4 Å². The van der Waals surface area contributed by atoms with Crippen molar-refractivity contribution in [3.63, 3.8) is 0 Å². The quantitative estimate of drug-likeness (QED) is 0.722. The van der Waals surface area contributed by atoms with Crippen molar-refractivity contribution in [2.45, 2.75) is 45.7 Å². The Kier molecular flexibility index (Phi) is 5.41. The third-order valence-electron chi connectivity index (χ3n) is 5.17. The molecule has 1 heterocycles. The summed E-state index contributed by atoms with van der Waals surface area (Å²) in [7, 11) is 0. The smallest absolute Gasteiger partial charge is 0.262 e. The van der Waals surface area contributed by atoms with Crippen molar-refractivity contribution in [1.29, 1.82) is 0 Å². The van der Waals surface area contributed by atoms with Gasteiger partial charge in [-0.25, -0.2) is 0 Å². The van der Waals surface area contributed by atoms with E-state index in [-0.39, 0.29) is 23.6 Å². The van der Waals surface area contributed by atoms with Gasteiger partial charge in [-0.15, -0.1) is 0 Å². The van der Waals surface area contributed by atoms with Gasteiger partial charge in [-0.3, -0.25) is 24.2 Å². The summed E-state index contributed by atoms with van der Waals surface area (Å²) >= 11 is 0. The van der Waals surface area contributed by atoms with Crippen LogP contribution in [0.1, 0.15) is 54.3 Å². The fraction of sp³-hybridized carbons (Fsp3) is 0.550. The summed E-state index contributed by atoms with van der Waals surface area (Å²) in [6.07, 6.45) is 2.46. The standard InChI is InChI=1S/C20H27N3O3/c1-4-22(14-9-10-14)12-11-21-18(24)17(13(2)3)23-19(25)15-7-5-6-8-16(15)20(23)26/h5-8,13-14,17H,4,9-12H2,1-3H3,(H,21,24). The van der Waals surface area contributed by atoms with E-state index in [2.05, 4.69) is 17.1 Å². The molecule has 1 aromatic rings. The minimum atomic E-state index is -0.793. The molecule has 3 amide bonds. The van der Waals surface area contributed by atoms with Gasteiger partial charge in [0.25, 0.3) is 11.8 Å². The maximum atomic E-state index is 12.8. The summed E-state index contributed by atoms with van der Waals surface area (Å²) in [5.74, 6) is -1.19. The lowest BCUT2D eigenvalue weighted by atomic mass is 10.0. The highest BCUT2D eigenvalue weighted by Crippen LogP contribution is 2.27. The van der Waals surface area contributed by atoms with Gasteiger partial charge in [0.05, 0.1) is 11.1 Å². The van der Waals surface area contributed by atoms with E-state index >= 15 is 0 Å². The van der Waals surface area contributed by atoms with Gasteiger partial charge in [-0.2, -0.15) is 0 Å². The van der Waals surface area contributed by atoms with Crippen molar-refractivity contribution in [3.8, 4) is 0 Å². The molecule has 1 aliphatic carbocycles. The maximum absolute atomic E-state index is 12.8. The van der Waals surface area contributed by atoms with Gasteiger partial charge in [-0.1, -0.05) is 32.9 Å². The second-order valence-corrected chi connectivity index (χ2v) is 7.37. The molecular weight excluding hydrogens is 330 g/mol. The lowest BCUT2D eigenvalue weighted by Gasteiger charge is -2.29. The largest absolute Gasteiger partial charge is 0.353 e. The highest BCUT2D eigenvalue weighted by molar-refractivity contribution is 6.22. The first-order valence-corrected chi connectivity index (χ1v) is 9.44. The molecule has 2 aliphatic rings. The molecule has 0 bridgehead atoms.